The van der Waals surface area contributed by atoms with Gasteiger partial charge in [0, 0.05) is 11.6 Å². The number of urea groups is 1. The molecule has 3 aromatic rings. The van der Waals surface area contributed by atoms with E-state index in [1.807, 2.05) is 0 Å². The SMILES string of the molecule is C[C@@H](COc1ccc(-c2nn3cc(OCC4CC4)ccc3c2F)c(F)c1)NC(N)=O. The number of rotatable bonds is 8. The van der Waals surface area contributed by atoms with Gasteiger partial charge < -0.3 is 20.5 Å². The molecule has 158 valence electrons. The average molecular weight is 416 g/mol. The summed E-state index contributed by atoms with van der Waals surface area (Å²) in [6, 6.07) is 6.31. The first-order valence-electron chi connectivity index (χ1n) is 9.70. The van der Waals surface area contributed by atoms with Crippen molar-refractivity contribution in [1.82, 2.24) is 14.9 Å². The van der Waals surface area contributed by atoms with Crippen LogP contribution in [0, 0.1) is 17.6 Å². The number of nitrogens with one attached hydrogen (secondary N) is 1. The quantitative estimate of drug-likeness (QED) is 0.588. The number of aromatic nitrogens is 2. The molecule has 7 nitrogen and oxygen atoms in total. The monoisotopic (exact) mass is 416 g/mol. The molecular formula is C21H22F2N4O3. The van der Waals surface area contributed by atoms with Gasteiger partial charge >= 0.3 is 6.03 Å². The van der Waals surface area contributed by atoms with E-state index < -0.39 is 17.7 Å². The van der Waals surface area contributed by atoms with Gasteiger partial charge in [0.05, 0.1) is 18.8 Å². The lowest BCUT2D eigenvalue weighted by Gasteiger charge is -2.13. The highest BCUT2D eigenvalue weighted by Gasteiger charge is 2.22. The number of primary amides is 1. The summed E-state index contributed by atoms with van der Waals surface area (Å²) < 4.78 is 42.0. The molecule has 0 radical (unpaired) electrons. The second kappa shape index (κ2) is 8.17. The Morgan fingerprint density at radius 2 is 2.03 bits per heavy atom. The van der Waals surface area contributed by atoms with Gasteiger partial charge in [-0.1, -0.05) is 0 Å². The summed E-state index contributed by atoms with van der Waals surface area (Å²) in [4.78, 5) is 10.8. The minimum atomic E-state index is -0.671. The van der Waals surface area contributed by atoms with E-state index in [1.165, 1.54) is 29.5 Å². The molecule has 1 aliphatic rings. The molecular weight excluding hydrogens is 394 g/mol. The number of hydrogen-bond donors (Lipinski definition) is 2. The van der Waals surface area contributed by atoms with Gasteiger partial charge in [-0.2, -0.15) is 5.10 Å². The van der Waals surface area contributed by atoms with Crippen molar-refractivity contribution in [2.45, 2.75) is 25.8 Å². The topological polar surface area (TPSA) is 90.9 Å². The summed E-state index contributed by atoms with van der Waals surface area (Å²) in [6.07, 6.45) is 3.93. The molecule has 1 saturated carbocycles. The number of halogens is 2. The Hall–Kier alpha value is -3.36. The summed E-state index contributed by atoms with van der Waals surface area (Å²) in [5.41, 5.74) is 5.20. The highest BCUT2D eigenvalue weighted by molar-refractivity contribution is 5.72. The zero-order chi connectivity index (χ0) is 21.3. The normalized spacial score (nSPS) is 14.5. The second-order valence-electron chi connectivity index (χ2n) is 7.47. The number of hydrogen-bond acceptors (Lipinski definition) is 4. The van der Waals surface area contributed by atoms with Gasteiger partial charge in [0.15, 0.2) is 5.82 Å². The molecule has 1 atom stereocenters. The van der Waals surface area contributed by atoms with Crippen molar-refractivity contribution >= 4 is 11.5 Å². The predicted molar refractivity (Wildman–Crippen MR) is 106 cm³/mol. The van der Waals surface area contributed by atoms with Gasteiger partial charge in [-0.05, 0) is 49.9 Å². The Balaban J connectivity index is 1.52. The molecule has 3 N–H and O–H groups in total. The van der Waals surface area contributed by atoms with Crippen molar-refractivity contribution in [3.8, 4) is 22.8 Å². The van der Waals surface area contributed by atoms with Crippen LogP contribution in [0.3, 0.4) is 0 Å². The minimum absolute atomic E-state index is 0.0207. The number of carbonyl (C=O) groups excluding carboxylic acids is 1. The molecule has 2 heterocycles. The molecule has 30 heavy (non-hydrogen) atoms. The Morgan fingerprint density at radius 1 is 1.27 bits per heavy atom. The molecule has 9 heteroatoms. The number of amides is 2. The standard InChI is InChI=1S/C21H22F2N4O3/c1-12(25-21(24)28)10-29-14-4-6-16(17(22)8-14)20-19(23)18-7-5-15(9-27(18)26-20)30-11-13-2-3-13/h4-9,12-13H,2-3,10-11H2,1H3,(H3,24,25,28)/t12-/m0/s1. The first kappa shape index (κ1) is 19.9. The smallest absolute Gasteiger partial charge is 0.312 e. The fourth-order valence-corrected chi connectivity index (χ4v) is 3.04. The predicted octanol–water partition coefficient (Wildman–Crippen LogP) is 3.50. The van der Waals surface area contributed by atoms with Crippen LogP contribution < -0.4 is 20.5 Å². The second-order valence-corrected chi connectivity index (χ2v) is 7.47. The highest BCUT2D eigenvalue weighted by Crippen LogP contribution is 2.32. The minimum Gasteiger partial charge on any atom is -0.492 e. The third-order valence-electron chi connectivity index (χ3n) is 4.81. The molecule has 1 aliphatic carbocycles. The van der Waals surface area contributed by atoms with Gasteiger partial charge in [-0.25, -0.2) is 18.1 Å². The van der Waals surface area contributed by atoms with Crippen LogP contribution in [0.5, 0.6) is 11.5 Å². The van der Waals surface area contributed by atoms with E-state index >= 15 is 0 Å². The number of pyridine rings is 1. The number of fused-ring (bicyclic) bond motifs is 1. The molecule has 0 bridgehead atoms. The molecule has 2 aromatic heterocycles. The van der Waals surface area contributed by atoms with Gasteiger partial charge in [-0.3, -0.25) is 0 Å². The van der Waals surface area contributed by atoms with Gasteiger partial charge in [0.1, 0.15) is 35.1 Å². The summed E-state index contributed by atoms with van der Waals surface area (Å²) in [5.74, 6) is 0.141. The summed E-state index contributed by atoms with van der Waals surface area (Å²) >= 11 is 0. The van der Waals surface area contributed by atoms with Gasteiger partial charge in [0.25, 0.3) is 0 Å². The zero-order valence-corrected chi connectivity index (χ0v) is 16.4. The molecule has 0 spiro atoms. The Bertz CT molecular complexity index is 1080. The summed E-state index contributed by atoms with van der Waals surface area (Å²) in [6.45, 7) is 2.43. The lowest BCUT2D eigenvalue weighted by Crippen LogP contribution is -2.40. The molecule has 0 aliphatic heterocycles. The van der Waals surface area contributed by atoms with E-state index in [1.54, 1.807) is 25.3 Å². The molecule has 2 amide bonds. The maximum atomic E-state index is 14.9. The van der Waals surface area contributed by atoms with Crippen molar-refractivity contribution < 1.29 is 23.0 Å². The lowest BCUT2D eigenvalue weighted by molar-refractivity contribution is 0.233. The van der Waals surface area contributed by atoms with E-state index in [-0.39, 0.29) is 35.2 Å². The lowest BCUT2D eigenvalue weighted by atomic mass is 10.1. The van der Waals surface area contributed by atoms with Gasteiger partial charge in [-0.15, -0.1) is 0 Å². The number of nitrogens with zero attached hydrogens (tertiary/aromatic N) is 2. The average Bonchev–Trinajstić information content (AvgIpc) is 3.48. The van der Waals surface area contributed by atoms with Crippen LogP contribution in [-0.4, -0.2) is 34.9 Å². The van der Waals surface area contributed by atoms with Crippen LogP contribution in [0.4, 0.5) is 13.6 Å². The Labute approximate surface area is 171 Å². The fraction of sp³-hybridized carbons (Fsp3) is 0.333. The van der Waals surface area contributed by atoms with Crippen LogP contribution in [0.25, 0.3) is 16.8 Å². The van der Waals surface area contributed by atoms with Crippen LogP contribution >= 0.6 is 0 Å². The Morgan fingerprint density at radius 3 is 2.73 bits per heavy atom. The molecule has 4 rings (SSSR count). The van der Waals surface area contributed by atoms with E-state index in [4.69, 9.17) is 15.2 Å². The van der Waals surface area contributed by atoms with Crippen molar-refractivity contribution in [2.75, 3.05) is 13.2 Å². The van der Waals surface area contributed by atoms with Crippen molar-refractivity contribution in [1.29, 1.82) is 0 Å². The van der Waals surface area contributed by atoms with Crippen molar-refractivity contribution in [3.63, 3.8) is 0 Å². The van der Waals surface area contributed by atoms with Crippen LogP contribution in [0.1, 0.15) is 19.8 Å². The van der Waals surface area contributed by atoms with E-state index in [0.29, 0.717) is 18.3 Å². The summed E-state index contributed by atoms with van der Waals surface area (Å²) in [7, 11) is 0. The number of ether oxygens (including phenoxy) is 2. The van der Waals surface area contributed by atoms with E-state index in [0.717, 1.165) is 6.07 Å². The zero-order valence-electron chi connectivity index (χ0n) is 16.4. The largest absolute Gasteiger partial charge is 0.492 e. The Kier molecular flexibility index (Phi) is 5.43. The maximum Gasteiger partial charge on any atom is 0.312 e. The first-order chi connectivity index (χ1) is 14.4. The molecule has 1 fully saturated rings. The van der Waals surface area contributed by atoms with Crippen molar-refractivity contribution in [3.05, 3.63) is 48.2 Å². The third kappa shape index (κ3) is 4.45. The van der Waals surface area contributed by atoms with Crippen LogP contribution in [0.2, 0.25) is 0 Å². The first-order valence-corrected chi connectivity index (χ1v) is 9.70. The summed E-state index contributed by atoms with van der Waals surface area (Å²) in [5, 5.41) is 6.66. The third-order valence-corrected chi connectivity index (χ3v) is 4.81. The highest BCUT2D eigenvalue weighted by atomic mass is 19.1. The van der Waals surface area contributed by atoms with Crippen LogP contribution in [0.15, 0.2) is 36.5 Å². The number of carbonyl (C=O) groups is 1. The maximum absolute atomic E-state index is 14.9. The van der Waals surface area contributed by atoms with Gasteiger partial charge in [0.2, 0.25) is 0 Å². The fourth-order valence-electron chi connectivity index (χ4n) is 3.04. The molecule has 0 unspecified atom stereocenters. The van der Waals surface area contributed by atoms with Crippen molar-refractivity contribution in [2.24, 2.45) is 11.7 Å². The molecule has 0 saturated heterocycles. The van der Waals surface area contributed by atoms with E-state index in [2.05, 4.69) is 10.4 Å². The number of nitrogens with two attached hydrogens (primary N) is 1. The van der Waals surface area contributed by atoms with Crippen LogP contribution in [-0.2, 0) is 0 Å². The number of benzene rings is 1. The van der Waals surface area contributed by atoms with E-state index in [9.17, 15) is 13.6 Å². The molecule has 1 aromatic carbocycles.